The van der Waals surface area contributed by atoms with Gasteiger partial charge in [-0.15, -0.1) is 11.8 Å². The Balaban J connectivity index is 2.45. The first-order chi connectivity index (χ1) is 7.27. The van der Waals surface area contributed by atoms with E-state index in [-0.39, 0.29) is 0 Å². The van der Waals surface area contributed by atoms with Crippen LogP contribution in [-0.4, -0.2) is 5.75 Å². The highest BCUT2D eigenvalue weighted by Gasteiger charge is 2.00. The van der Waals surface area contributed by atoms with Crippen molar-refractivity contribution in [1.82, 2.24) is 0 Å². The minimum atomic E-state index is 0.514. The fourth-order valence-electron chi connectivity index (χ4n) is 1.33. The molecule has 0 aliphatic heterocycles. The minimum absolute atomic E-state index is 0.514. The third kappa shape index (κ3) is 4.45. The predicted molar refractivity (Wildman–Crippen MR) is 69.6 cm³/mol. The Morgan fingerprint density at radius 1 is 1.33 bits per heavy atom. The minimum Gasteiger partial charge on any atom is -0.326 e. The van der Waals surface area contributed by atoms with Crippen molar-refractivity contribution >= 4 is 23.4 Å². The van der Waals surface area contributed by atoms with E-state index in [1.54, 1.807) is 0 Å². The molecule has 0 amide bonds. The largest absolute Gasteiger partial charge is 0.326 e. The number of thioether (sulfide) groups is 1. The normalized spacial score (nSPS) is 10.6. The summed E-state index contributed by atoms with van der Waals surface area (Å²) in [5.74, 6) is 1.17. The molecule has 0 radical (unpaired) electrons. The number of hydrogen-bond acceptors (Lipinski definition) is 2. The molecule has 1 nitrogen and oxygen atoms in total. The Morgan fingerprint density at radius 2 is 2.13 bits per heavy atom. The Bertz CT molecular complexity index is 302. The SMILES string of the molecule is CCCCCSc1ccc(CN)c(Cl)c1. The molecule has 15 heavy (non-hydrogen) atoms. The summed E-state index contributed by atoms with van der Waals surface area (Å²) in [6, 6.07) is 6.13. The molecule has 1 aromatic rings. The standard InChI is InChI=1S/C12H18ClNS/c1-2-3-4-7-15-11-6-5-10(9-14)12(13)8-11/h5-6,8H,2-4,7,9,14H2,1H3. The zero-order valence-corrected chi connectivity index (χ0v) is 10.7. The van der Waals surface area contributed by atoms with Gasteiger partial charge in [0, 0.05) is 16.5 Å². The van der Waals surface area contributed by atoms with Gasteiger partial charge in [-0.1, -0.05) is 37.4 Å². The summed E-state index contributed by atoms with van der Waals surface area (Å²) in [7, 11) is 0. The number of unbranched alkanes of at least 4 members (excludes halogenated alkanes) is 2. The van der Waals surface area contributed by atoms with Gasteiger partial charge in [0.15, 0.2) is 0 Å². The van der Waals surface area contributed by atoms with E-state index in [1.165, 1.54) is 29.9 Å². The molecular weight excluding hydrogens is 226 g/mol. The Morgan fingerprint density at radius 3 is 2.73 bits per heavy atom. The Labute approximate surface area is 101 Å². The number of halogens is 1. The lowest BCUT2D eigenvalue weighted by Crippen LogP contribution is -1.96. The summed E-state index contributed by atoms with van der Waals surface area (Å²) >= 11 is 7.94. The second-order valence-corrected chi connectivity index (χ2v) is 5.09. The summed E-state index contributed by atoms with van der Waals surface area (Å²) in [6.07, 6.45) is 3.85. The molecular formula is C12H18ClNS. The lowest BCUT2D eigenvalue weighted by molar-refractivity contribution is 0.778. The van der Waals surface area contributed by atoms with Crippen LogP contribution in [0.5, 0.6) is 0 Å². The number of rotatable bonds is 6. The van der Waals surface area contributed by atoms with Crippen molar-refractivity contribution in [2.45, 2.75) is 37.6 Å². The monoisotopic (exact) mass is 243 g/mol. The van der Waals surface area contributed by atoms with Crippen LogP contribution >= 0.6 is 23.4 Å². The molecule has 0 atom stereocenters. The van der Waals surface area contributed by atoms with E-state index in [0.717, 1.165) is 10.6 Å². The molecule has 0 aliphatic carbocycles. The highest BCUT2D eigenvalue weighted by Crippen LogP contribution is 2.25. The maximum atomic E-state index is 6.08. The summed E-state index contributed by atoms with van der Waals surface area (Å²) in [5, 5.41) is 0.790. The van der Waals surface area contributed by atoms with Crippen LogP contribution in [0.3, 0.4) is 0 Å². The molecule has 0 saturated heterocycles. The molecule has 0 heterocycles. The Hall–Kier alpha value is -0.180. The van der Waals surface area contributed by atoms with Crippen LogP contribution < -0.4 is 5.73 Å². The average Bonchev–Trinajstić information content (AvgIpc) is 2.25. The lowest BCUT2D eigenvalue weighted by atomic mass is 10.2. The second kappa shape index (κ2) is 7.15. The fraction of sp³-hybridized carbons (Fsp3) is 0.500. The summed E-state index contributed by atoms with van der Waals surface area (Å²) in [4.78, 5) is 1.24. The molecule has 0 aromatic heterocycles. The van der Waals surface area contributed by atoms with E-state index in [0.29, 0.717) is 6.54 Å². The van der Waals surface area contributed by atoms with Gasteiger partial charge in [0.05, 0.1) is 0 Å². The van der Waals surface area contributed by atoms with Gasteiger partial charge < -0.3 is 5.73 Å². The Kier molecular flexibility index (Phi) is 6.15. The van der Waals surface area contributed by atoms with Crippen molar-refractivity contribution in [1.29, 1.82) is 0 Å². The molecule has 0 aliphatic rings. The van der Waals surface area contributed by atoms with Gasteiger partial charge in [-0.2, -0.15) is 0 Å². The first-order valence-corrected chi connectivity index (χ1v) is 6.75. The van der Waals surface area contributed by atoms with E-state index in [2.05, 4.69) is 13.0 Å². The van der Waals surface area contributed by atoms with E-state index in [4.69, 9.17) is 17.3 Å². The zero-order chi connectivity index (χ0) is 11.1. The molecule has 3 heteroatoms. The maximum Gasteiger partial charge on any atom is 0.0462 e. The van der Waals surface area contributed by atoms with Gasteiger partial charge in [0.25, 0.3) is 0 Å². The quantitative estimate of drug-likeness (QED) is 0.602. The molecule has 84 valence electrons. The van der Waals surface area contributed by atoms with Crippen molar-refractivity contribution in [2.75, 3.05) is 5.75 Å². The lowest BCUT2D eigenvalue weighted by Gasteiger charge is -2.05. The van der Waals surface area contributed by atoms with E-state index < -0.39 is 0 Å². The van der Waals surface area contributed by atoms with Crippen molar-refractivity contribution in [3.05, 3.63) is 28.8 Å². The fourth-order valence-corrected chi connectivity index (χ4v) is 2.60. The van der Waals surface area contributed by atoms with Crippen molar-refractivity contribution in [3.63, 3.8) is 0 Å². The van der Waals surface area contributed by atoms with E-state index in [1.807, 2.05) is 23.9 Å². The summed E-state index contributed by atoms with van der Waals surface area (Å²) in [6.45, 7) is 2.73. The third-order valence-electron chi connectivity index (χ3n) is 2.26. The summed E-state index contributed by atoms with van der Waals surface area (Å²) < 4.78 is 0. The molecule has 1 rings (SSSR count). The van der Waals surface area contributed by atoms with Crippen molar-refractivity contribution < 1.29 is 0 Å². The van der Waals surface area contributed by atoms with Gasteiger partial charge in [0.2, 0.25) is 0 Å². The van der Waals surface area contributed by atoms with Crippen LogP contribution in [0, 0.1) is 0 Å². The van der Waals surface area contributed by atoms with Crippen molar-refractivity contribution in [3.8, 4) is 0 Å². The molecule has 0 fully saturated rings. The molecule has 0 spiro atoms. The highest BCUT2D eigenvalue weighted by atomic mass is 35.5. The molecule has 0 unspecified atom stereocenters. The number of benzene rings is 1. The third-order valence-corrected chi connectivity index (χ3v) is 3.69. The molecule has 2 N–H and O–H groups in total. The van der Waals surface area contributed by atoms with E-state index in [9.17, 15) is 0 Å². The summed E-state index contributed by atoms with van der Waals surface area (Å²) in [5.41, 5.74) is 6.57. The number of nitrogens with two attached hydrogens (primary N) is 1. The van der Waals surface area contributed by atoms with Crippen LogP contribution in [0.1, 0.15) is 31.7 Å². The molecule has 1 aromatic carbocycles. The first-order valence-electron chi connectivity index (χ1n) is 5.39. The van der Waals surface area contributed by atoms with Crippen molar-refractivity contribution in [2.24, 2.45) is 5.73 Å². The topological polar surface area (TPSA) is 26.0 Å². The van der Waals surface area contributed by atoms with Gasteiger partial charge in [-0.25, -0.2) is 0 Å². The highest BCUT2D eigenvalue weighted by molar-refractivity contribution is 7.99. The van der Waals surface area contributed by atoms with Crippen LogP contribution in [0.25, 0.3) is 0 Å². The number of hydrogen-bond donors (Lipinski definition) is 1. The van der Waals surface area contributed by atoms with Gasteiger partial charge >= 0.3 is 0 Å². The molecule has 0 saturated carbocycles. The van der Waals surface area contributed by atoms with Gasteiger partial charge in [-0.3, -0.25) is 0 Å². The van der Waals surface area contributed by atoms with Crippen LogP contribution in [0.4, 0.5) is 0 Å². The second-order valence-electron chi connectivity index (χ2n) is 3.51. The first kappa shape index (κ1) is 12.9. The maximum absolute atomic E-state index is 6.08. The average molecular weight is 244 g/mol. The predicted octanol–water partition coefficient (Wildman–Crippen LogP) is 4.08. The van der Waals surface area contributed by atoms with Gasteiger partial charge in [0.1, 0.15) is 0 Å². The van der Waals surface area contributed by atoms with Crippen LogP contribution in [-0.2, 0) is 6.54 Å². The van der Waals surface area contributed by atoms with Crippen LogP contribution in [0.15, 0.2) is 23.1 Å². The zero-order valence-electron chi connectivity index (χ0n) is 9.13. The van der Waals surface area contributed by atoms with E-state index >= 15 is 0 Å². The van der Waals surface area contributed by atoms with Crippen LogP contribution in [0.2, 0.25) is 5.02 Å². The molecule has 0 bridgehead atoms. The smallest absolute Gasteiger partial charge is 0.0462 e. The van der Waals surface area contributed by atoms with Gasteiger partial charge in [-0.05, 0) is 29.9 Å².